The molecule has 1 aliphatic heterocycles. The number of esters is 1. The molecule has 0 saturated heterocycles. The number of aromatic nitrogens is 2. The van der Waals surface area contributed by atoms with E-state index in [1.54, 1.807) is 18.7 Å². The second kappa shape index (κ2) is 9.24. The highest BCUT2D eigenvalue weighted by molar-refractivity contribution is 6.12. The first-order valence-electron chi connectivity index (χ1n) is 12.1. The van der Waals surface area contributed by atoms with Gasteiger partial charge in [-0.25, -0.2) is 4.79 Å². The number of hydrogen-bond donors (Lipinski definition) is 1. The monoisotopic (exact) mass is 466 g/mol. The molecule has 1 atom stereocenters. The molecule has 2 aliphatic rings. The van der Waals surface area contributed by atoms with Gasteiger partial charge in [-0.2, -0.15) is 5.10 Å². The van der Waals surface area contributed by atoms with Crippen molar-refractivity contribution in [1.82, 2.24) is 15.1 Å². The molecule has 8 nitrogen and oxygen atoms in total. The Kier molecular flexibility index (Phi) is 6.51. The third-order valence-corrected chi connectivity index (χ3v) is 7.07. The van der Waals surface area contributed by atoms with Crippen molar-refractivity contribution in [2.75, 3.05) is 11.5 Å². The second-order valence-electron chi connectivity index (χ2n) is 9.93. The molecule has 1 aliphatic carbocycles. The van der Waals surface area contributed by atoms with Gasteiger partial charge in [0, 0.05) is 17.8 Å². The van der Waals surface area contributed by atoms with Crippen LogP contribution in [0.3, 0.4) is 0 Å². The third kappa shape index (κ3) is 4.33. The van der Waals surface area contributed by atoms with E-state index in [2.05, 4.69) is 17.3 Å². The first-order valence-corrected chi connectivity index (χ1v) is 12.1. The van der Waals surface area contributed by atoms with Gasteiger partial charge in [0.1, 0.15) is 11.2 Å². The SMILES string of the molecule is CCOC(=O)c1cc2n(n1)CC(C)(C(=O)NC1CCC(C)CC1)N(c1ccc(C)cc1C)C2=O. The molecule has 1 fully saturated rings. The molecule has 0 spiro atoms. The summed E-state index contributed by atoms with van der Waals surface area (Å²) >= 11 is 0. The van der Waals surface area contributed by atoms with Gasteiger partial charge >= 0.3 is 5.97 Å². The minimum Gasteiger partial charge on any atom is -0.461 e. The van der Waals surface area contributed by atoms with Gasteiger partial charge in [-0.3, -0.25) is 19.2 Å². The smallest absolute Gasteiger partial charge is 0.358 e. The van der Waals surface area contributed by atoms with Crippen molar-refractivity contribution < 1.29 is 19.1 Å². The highest BCUT2D eigenvalue weighted by Gasteiger charge is 2.50. The Morgan fingerprint density at radius 3 is 2.53 bits per heavy atom. The molecule has 1 saturated carbocycles. The van der Waals surface area contributed by atoms with Crippen LogP contribution in [0, 0.1) is 19.8 Å². The summed E-state index contributed by atoms with van der Waals surface area (Å²) < 4.78 is 6.54. The molecule has 1 unspecified atom stereocenters. The van der Waals surface area contributed by atoms with Crippen LogP contribution >= 0.6 is 0 Å². The van der Waals surface area contributed by atoms with E-state index in [1.807, 2.05) is 32.0 Å². The highest BCUT2D eigenvalue weighted by atomic mass is 16.5. The van der Waals surface area contributed by atoms with Gasteiger partial charge in [-0.05, 0) is 70.9 Å². The maximum absolute atomic E-state index is 13.8. The topological polar surface area (TPSA) is 93.5 Å². The fraction of sp³-hybridized carbons (Fsp3) is 0.538. The van der Waals surface area contributed by atoms with Crippen LogP contribution in [0.15, 0.2) is 24.3 Å². The number of carbonyl (C=O) groups excluding carboxylic acids is 3. The fourth-order valence-corrected chi connectivity index (χ4v) is 5.07. The highest BCUT2D eigenvalue weighted by Crippen LogP contribution is 2.35. The predicted molar refractivity (Wildman–Crippen MR) is 129 cm³/mol. The lowest BCUT2D eigenvalue weighted by Gasteiger charge is -2.44. The summed E-state index contributed by atoms with van der Waals surface area (Å²) in [5.74, 6) is -0.493. The summed E-state index contributed by atoms with van der Waals surface area (Å²) in [7, 11) is 0. The summed E-state index contributed by atoms with van der Waals surface area (Å²) in [5.41, 5.74) is 1.76. The van der Waals surface area contributed by atoms with Crippen LogP contribution in [0.5, 0.6) is 0 Å². The van der Waals surface area contributed by atoms with Crippen molar-refractivity contribution in [3.8, 4) is 0 Å². The number of fused-ring (bicyclic) bond motifs is 1. The molecule has 8 heteroatoms. The summed E-state index contributed by atoms with van der Waals surface area (Å²) in [5, 5.41) is 7.55. The van der Waals surface area contributed by atoms with Gasteiger partial charge in [0.05, 0.1) is 13.2 Å². The zero-order valence-corrected chi connectivity index (χ0v) is 20.7. The van der Waals surface area contributed by atoms with E-state index in [0.717, 1.165) is 36.8 Å². The van der Waals surface area contributed by atoms with E-state index in [-0.39, 0.29) is 42.4 Å². The average Bonchev–Trinajstić information content (AvgIpc) is 3.21. The number of hydrogen-bond acceptors (Lipinski definition) is 5. The van der Waals surface area contributed by atoms with E-state index in [0.29, 0.717) is 11.6 Å². The van der Waals surface area contributed by atoms with Gasteiger partial charge in [0.25, 0.3) is 5.91 Å². The molecule has 0 bridgehead atoms. The normalized spacial score (nSPS) is 24.5. The van der Waals surface area contributed by atoms with Crippen LogP contribution in [0.25, 0.3) is 0 Å². The summed E-state index contributed by atoms with van der Waals surface area (Å²) in [6.45, 7) is 10.0. The average molecular weight is 467 g/mol. The number of ether oxygens (including phenoxy) is 1. The number of nitrogens with zero attached hydrogens (tertiary/aromatic N) is 3. The number of rotatable bonds is 5. The van der Waals surface area contributed by atoms with Crippen molar-refractivity contribution in [2.45, 2.75) is 78.4 Å². The zero-order valence-electron chi connectivity index (χ0n) is 20.7. The van der Waals surface area contributed by atoms with E-state index in [4.69, 9.17) is 4.74 Å². The van der Waals surface area contributed by atoms with Crippen LogP contribution in [0.2, 0.25) is 0 Å². The van der Waals surface area contributed by atoms with Gasteiger partial charge in [-0.1, -0.05) is 24.6 Å². The Morgan fingerprint density at radius 1 is 1.18 bits per heavy atom. The Bertz CT molecular complexity index is 1120. The van der Waals surface area contributed by atoms with Gasteiger partial charge in [0.2, 0.25) is 5.91 Å². The Balaban J connectivity index is 1.74. The number of carbonyl (C=O) groups is 3. The zero-order chi connectivity index (χ0) is 24.6. The molecule has 1 aromatic carbocycles. The number of amides is 2. The molecule has 1 N–H and O–H groups in total. The summed E-state index contributed by atoms with van der Waals surface area (Å²) in [6.07, 6.45) is 4.02. The van der Waals surface area contributed by atoms with Crippen molar-refractivity contribution in [3.05, 3.63) is 46.8 Å². The van der Waals surface area contributed by atoms with Crippen LogP contribution in [-0.2, 0) is 16.1 Å². The fourth-order valence-electron chi connectivity index (χ4n) is 5.07. The lowest BCUT2D eigenvalue weighted by Crippen LogP contribution is -2.65. The number of anilines is 1. The van der Waals surface area contributed by atoms with Crippen LogP contribution < -0.4 is 10.2 Å². The number of nitrogens with one attached hydrogen (secondary N) is 1. The standard InChI is InChI=1S/C26H34N4O4/c1-6-34-24(32)20-14-22-23(31)30(21-12-9-17(3)13-18(21)4)26(5,15-29(22)28-20)25(33)27-19-10-7-16(2)8-11-19/h9,12-14,16,19H,6-8,10-11,15H2,1-5H3,(H,27,33). The molecule has 0 radical (unpaired) electrons. The molecule has 34 heavy (non-hydrogen) atoms. The largest absolute Gasteiger partial charge is 0.461 e. The second-order valence-corrected chi connectivity index (χ2v) is 9.93. The summed E-state index contributed by atoms with van der Waals surface area (Å²) in [4.78, 5) is 41.5. The van der Waals surface area contributed by atoms with E-state index in [1.165, 1.54) is 10.7 Å². The molecule has 2 heterocycles. The maximum atomic E-state index is 13.8. The first kappa shape index (κ1) is 24.0. The maximum Gasteiger partial charge on any atom is 0.358 e. The first-order chi connectivity index (χ1) is 16.1. The molecule has 182 valence electrons. The van der Waals surface area contributed by atoms with Crippen molar-refractivity contribution in [3.63, 3.8) is 0 Å². The van der Waals surface area contributed by atoms with Crippen LogP contribution in [0.1, 0.15) is 78.6 Å². The molecule has 4 rings (SSSR count). The van der Waals surface area contributed by atoms with Crippen molar-refractivity contribution in [2.24, 2.45) is 5.92 Å². The van der Waals surface area contributed by atoms with Gasteiger partial charge in [0.15, 0.2) is 5.69 Å². The van der Waals surface area contributed by atoms with Gasteiger partial charge < -0.3 is 10.1 Å². The lowest BCUT2D eigenvalue weighted by atomic mass is 9.86. The third-order valence-electron chi connectivity index (χ3n) is 7.07. The lowest BCUT2D eigenvalue weighted by molar-refractivity contribution is -0.127. The predicted octanol–water partition coefficient (Wildman–Crippen LogP) is 3.79. The molecular formula is C26H34N4O4. The Morgan fingerprint density at radius 2 is 1.88 bits per heavy atom. The van der Waals surface area contributed by atoms with E-state index < -0.39 is 11.5 Å². The Hall–Kier alpha value is -3.16. The molecule has 2 aromatic rings. The molecule has 1 aromatic heterocycles. The van der Waals surface area contributed by atoms with Crippen molar-refractivity contribution >= 4 is 23.5 Å². The van der Waals surface area contributed by atoms with Crippen LogP contribution in [0.4, 0.5) is 5.69 Å². The van der Waals surface area contributed by atoms with E-state index >= 15 is 0 Å². The minimum absolute atomic E-state index is 0.0664. The van der Waals surface area contributed by atoms with Crippen LogP contribution in [-0.4, -0.2) is 45.8 Å². The quantitative estimate of drug-likeness (QED) is 0.677. The van der Waals surface area contributed by atoms with E-state index in [9.17, 15) is 14.4 Å². The minimum atomic E-state index is -1.22. The Labute approximate surface area is 200 Å². The molecular weight excluding hydrogens is 432 g/mol. The number of benzene rings is 1. The number of aryl methyl sites for hydroxylation is 2. The summed E-state index contributed by atoms with van der Waals surface area (Å²) in [6, 6.07) is 7.36. The van der Waals surface area contributed by atoms with Crippen molar-refractivity contribution in [1.29, 1.82) is 0 Å². The molecule has 2 amide bonds. The van der Waals surface area contributed by atoms with Gasteiger partial charge in [-0.15, -0.1) is 0 Å².